The van der Waals surface area contributed by atoms with Gasteiger partial charge in [-0.05, 0) is 0 Å². The van der Waals surface area contributed by atoms with E-state index in [2.05, 4.69) is 11.1 Å². The average Bonchev–Trinajstić information content (AvgIpc) is 2.35. The second-order valence-electron chi connectivity index (χ2n) is 2.31. The predicted octanol–water partition coefficient (Wildman–Crippen LogP) is -0.810. The van der Waals surface area contributed by atoms with Crippen LogP contribution in [0.4, 0.5) is 0 Å². The van der Waals surface area contributed by atoms with Crippen LogP contribution in [-0.2, 0) is 13.6 Å². The van der Waals surface area contributed by atoms with Gasteiger partial charge in [-0.2, -0.15) is 0 Å². The van der Waals surface area contributed by atoms with Crippen LogP contribution in [0.2, 0.25) is 0 Å². The molecular formula is C7H11AlCl4N2. The van der Waals surface area contributed by atoms with Crippen molar-refractivity contribution < 1.29 is 17.0 Å². The van der Waals surface area contributed by atoms with Crippen molar-refractivity contribution in [2.45, 2.75) is 6.54 Å². The van der Waals surface area contributed by atoms with Gasteiger partial charge in [0.1, 0.15) is 18.9 Å². The van der Waals surface area contributed by atoms with Crippen LogP contribution in [-0.4, -0.2) is 16.0 Å². The molecule has 7 heteroatoms. The van der Waals surface area contributed by atoms with Gasteiger partial charge in [0.2, 0.25) is 6.33 Å². The molecule has 0 N–H and O–H groups in total. The number of rotatable bonds is 2. The SMILES string of the molecule is C=CCn1cc[n+](C)c1.[Cl-].[Cl][Al]([Cl])[Cl]. The van der Waals surface area contributed by atoms with E-state index in [0.29, 0.717) is 0 Å². The van der Waals surface area contributed by atoms with Crippen molar-refractivity contribution in [1.82, 2.24) is 4.57 Å². The summed E-state index contributed by atoms with van der Waals surface area (Å²) in [4.78, 5) is 0. The molecule has 0 aliphatic rings. The van der Waals surface area contributed by atoms with Gasteiger partial charge >= 0.3 is 11.4 Å². The van der Waals surface area contributed by atoms with Crippen LogP contribution >= 0.6 is 30.1 Å². The summed E-state index contributed by atoms with van der Waals surface area (Å²) >= 11 is -1.72. The predicted molar refractivity (Wildman–Crippen MR) is 59.1 cm³/mol. The first kappa shape index (κ1) is 17.1. The van der Waals surface area contributed by atoms with Crippen molar-refractivity contribution in [3.63, 3.8) is 0 Å². The fourth-order valence-electron chi connectivity index (χ4n) is 0.759. The number of allylic oxidation sites excluding steroid dienone is 1. The van der Waals surface area contributed by atoms with E-state index < -0.39 is 11.4 Å². The topological polar surface area (TPSA) is 8.81 Å². The highest BCUT2D eigenvalue weighted by atomic mass is 35.8. The van der Waals surface area contributed by atoms with Crippen LogP contribution in [0.1, 0.15) is 0 Å². The van der Waals surface area contributed by atoms with E-state index >= 15 is 0 Å². The van der Waals surface area contributed by atoms with E-state index in [4.69, 9.17) is 30.1 Å². The van der Waals surface area contributed by atoms with E-state index in [-0.39, 0.29) is 12.4 Å². The summed E-state index contributed by atoms with van der Waals surface area (Å²) in [6.07, 6.45) is 7.91. The van der Waals surface area contributed by atoms with Gasteiger partial charge in [-0.1, -0.05) is 12.7 Å². The average molecular weight is 292 g/mol. The van der Waals surface area contributed by atoms with E-state index in [1.165, 1.54) is 0 Å². The smallest absolute Gasteiger partial charge is 0.643 e. The minimum Gasteiger partial charge on any atom is -1.00 e. The molecule has 0 fully saturated rings. The third-order valence-electron chi connectivity index (χ3n) is 1.16. The third kappa shape index (κ3) is 10.7. The second-order valence-corrected chi connectivity index (χ2v) is 8.75. The van der Waals surface area contributed by atoms with Crippen LogP contribution < -0.4 is 17.0 Å². The van der Waals surface area contributed by atoms with Crippen molar-refractivity contribution in [3.05, 3.63) is 31.4 Å². The molecule has 2 nitrogen and oxygen atoms in total. The zero-order valence-electron chi connectivity index (χ0n) is 7.71. The fourth-order valence-corrected chi connectivity index (χ4v) is 0.759. The quantitative estimate of drug-likeness (QED) is 0.383. The van der Waals surface area contributed by atoms with Gasteiger partial charge in [0.25, 0.3) is 0 Å². The van der Waals surface area contributed by atoms with Gasteiger partial charge in [0, 0.05) is 0 Å². The zero-order chi connectivity index (χ0) is 10.3. The second kappa shape index (κ2) is 10.2. The highest BCUT2D eigenvalue weighted by Crippen LogP contribution is 1.97. The zero-order valence-corrected chi connectivity index (χ0v) is 11.9. The molecule has 0 saturated carbocycles. The van der Waals surface area contributed by atoms with Crippen LogP contribution in [0.5, 0.6) is 0 Å². The van der Waals surface area contributed by atoms with Crippen molar-refractivity contribution in [3.8, 4) is 0 Å². The Morgan fingerprint density at radius 2 is 2.00 bits per heavy atom. The Kier molecular flexibility index (Phi) is 12.4. The van der Waals surface area contributed by atoms with Crippen LogP contribution in [0.25, 0.3) is 0 Å². The van der Waals surface area contributed by atoms with Crippen LogP contribution in [0.3, 0.4) is 0 Å². The molecule has 0 saturated heterocycles. The molecule has 0 aromatic carbocycles. The third-order valence-corrected chi connectivity index (χ3v) is 1.16. The summed E-state index contributed by atoms with van der Waals surface area (Å²) in [5.41, 5.74) is 0. The summed E-state index contributed by atoms with van der Waals surface area (Å²) in [7, 11) is 16.8. The van der Waals surface area contributed by atoms with E-state index in [1.54, 1.807) is 0 Å². The normalized spacial score (nSPS) is 8.00. The minimum atomic E-state index is -1.72. The lowest BCUT2D eigenvalue weighted by Crippen LogP contribution is -3.00. The van der Waals surface area contributed by atoms with E-state index in [1.807, 2.05) is 36.4 Å². The van der Waals surface area contributed by atoms with Gasteiger partial charge in [0.05, 0.1) is 7.05 Å². The Morgan fingerprint density at radius 1 is 1.50 bits per heavy atom. The van der Waals surface area contributed by atoms with Gasteiger partial charge in [0.15, 0.2) is 0 Å². The van der Waals surface area contributed by atoms with Crippen molar-refractivity contribution in [1.29, 1.82) is 0 Å². The standard InChI is InChI=1S/C7H11N2.Al.4ClH/c1-3-4-9-6-5-8(2)7-9;;;;;/h3,5-7H,1,4H2,2H3;;4*1H/q+1;+3;;;;/p-4. The molecule has 0 amide bonds. The summed E-state index contributed by atoms with van der Waals surface area (Å²) in [6, 6.07) is 0. The number of aromatic nitrogens is 2. The first-order chi connectivity index (χ1) is 6.06. The molecule has 1 rings (SSSR count). The summed E-state index contributed by atoms with van der Waals surface area (Å²) < 4.78 is 4.07. The molecule has 0 aliphatic heterocycles. The molecule has 0 aliphatic carbocycles. The lowest BCUT2D eigenvalue weighted by Gasteiger charge is -1.83. The molecule has 0 radical (unpaired) electrons. The van der Waals surface area contributed by atoms with Crippen molar-refractivity contribution >= 4 is 41.5 Å². The summed E-state index contributed by atoms with van der Waals surface area (Å²) in [6.45, 7) is 4.52. The van der Waals surface area contributed by atoms with Crippen LogP contribution in [0.15, 0.2) is 31.4 Å². The van der Waals surface area contributed by atoms with Gasteiger partial charge in [-0.25, -0.2) is 39.3 Å². The highest BCUT2D eigenvalue weighted by molar-refractivity contribution is 7.54. The molecule has 80 valence electrons. The summed E-state index contributed by atoms with van der Waals surface area (Å²) in [5, 5.41) is 0. The number of hydrogen-bond donors (Lipinski definition) is 0. The molecule has 14 heavy (non-hydrogen) atoms. The lowest BCUT2D eigenvalue weighted by molar-refractivity contribution is -0.671. The molecule has 1 aromatic heterocycles. The van der Waals surface area contributed by atoms with E-state index in [9.17, 15) is 0 Å². The maximum atomic E-state index is 4.94. The fraction of sp³-hybridized carbons (Fsp3) is 0.286. The van der Waals surface area contributed by atoms with Crippen molar-refractivity contribution in [2.75, 3.05) is 0 Å². The largest absolute Gasteiger partial charge is 1.00 e. The van der Waals surface area contributed by atoms with Gasteiger partial charge < -0.3 is 12.4 Å². The molecule has 0 unspecified atom stereocenters. The lowest BCUT2D eigenvalue weighted by atomic mass is 10.6. The van der Waals surface area contributed by atoms with Gasteiger partial charge in [-0.3, -0.25) is 0 Å². The summed E-state index contributed by atoms with van der Waals surface area (Å²) in [5.74, 6) is 0. The number of halogens is 4. The van der Waals surface area contributed by atoms with Crippen molar-refractivity contribution in [2.24, 2.45) is 7.05 Å². The molecule has 0 spiro atoms. The molecule has 0 atom stereocenters. The first-order valence-electron chi connectivity index (χ1n) is 3.60. The Balaban J connectivity index is 0. The Morgan fingerprint density at radius 3 is 2.29 bits per heavy atom. The number of hydrogen-bond acceptors (Lipinski definition) is 0. The number of aryl methyl sites for hydroxylation is 1. The molecule has 1 heterocycles. The van der Waals surface area contributed by atoms with Gasteiger partial charge in [-0.15, -0.1) is 0 Å². The monoisotopic (exact) mass is 290 g/mol. The molecule has 0 bridgehead atoms. The Labute approximate surface area is 107 Å². The maximum absolute atomic E-state index is 4.94. The number of imidazole rings is 1. The minimum absolute atomic E-state index is 0. The Hall–Kier alpha value is 0.642. The highest BCUT2D eigenvalue weighted by Gasteiger charge is 2.00. The molecular weight excluding hydrogens is 281 g/mol. The Bertz CT molecular complexity index is 249. The molecule has 1 aromatic rings. The maximum Gasteiger partial charge on any atom is 0.643 e. The number of nitrogens with zero attached hydrogens (tertiary/aromatic N) is 2. The first-order valence-corrected chi connectivity index (χ1v) is 8.84. The van der Waals surface area contributed by atoms with E-state index in [0.717, 1.165) is 6.54 Å². The van der Waals surface area contributed by atoms with Crippen LogP contribution in [0, 0.1) is 0 Å².